The van der Waals surface area contributed by atoms with Gasteiger partial charge < -0.3 is 10.5 Å². The van der Waals surface area contributed by atoms with Gasteiger partial charge in [0, 0.05) is 21.3 Å². The zero-order valence-electron chi connectivity index (χ0n) is 10.2. The van der Waals surface area contributed by atoms with E-state index >= 15 is 0 Å². The van der Waals surface area contributed by atoms with Crippen molar-refractivity contribution in [2.75, 3.05) is 5.73 Å². The molecule has 0 aliphatic rings. The van der Waals surface area contributed by atoms with E-state index in [0.717, 1.165) is 0 Å². The van der Waals surface area contributed by atoms with Crippen LogP contribution in [0.5, 0.6) is 0 Å². The van der Waals surface area contributed by atoms with Crippen molar-refractivity contribution in [3.05, 3.63) is 62.0 Å². The molecule has 0 saturated heterocycles. The van der Waals surface area contributed by atoms with Gasteiger partial charge in [0.05, 0.1) is 10.0 Å². The van der Waals surface area contributed by atoms with Crippen molar-refractivity contribution >= 4 is 50.8 Å². The molecule has 104 valence electrons. The van der Waals surface area contributed by atoms with Crippen LogP contribution < -0.4 is 5.73 Å². The molecule has 0 saturated carbocycles. The Morgan fingerprint density at radius 1 is 1.25 bits per heavy atom. The maximum atomic E-state index is 12.0. The molecule has 2 rings (SSSR count). The molecule has 0 aliphatic carbocycles. The summed E-state index contributed by atoms with van der Waals surface area (Å²) in [7, 11) is 0. The number of hydrogen-bond donors (Lipinski definition) is 1. The van der Waals surface area contributed by atoms with Crippen LogP contribution in [0.2, 0.25) is 10.0 Å². The maximum Gasteiger partial charge on any atom is 0.339 e. The van der Waals surface area contributed by atoms with Gasteiger partial charge in [0.15, 0.2) is 0 Å². The van der Waals surface area contributed by atoms with E-state index in [2.05, 4.69) is 15.9 Å². The number of hydrogen-bond acceptors (Lipinski definition) is 3. The van der Waals surface area contributed by atoms with Crippen LogP contribution in [0.3, 0.4) is 0 Å². The van der Waals surface area contributed by atoms with E-state index < -0.39 is 5.97 Å². The Kier molecular flexibility index (Phi) is 4.91. The molecular weight excluding hydrogens is 365 g/mol. The lowest BCUT2D eigenvalue weighted by Crippen LogP contribution is -2.07. The third kappa shape index (κ3) is 3.45. The van der Waals surface area contributed by atoms with Crippen LogP contribution in [0.15, 0.2) is 40.9 Å². The Bertz CT molecular complexity index is 662. The lowest BCUT2D eigenvalue weighted by molar-refractivity contribution is 0.0472. The fourth-order valence-corrected chi connectivity index (χ4v) is 2.38. The molecular formula is C14H10BrCl2NO2. The average Bonchev–Trinajstić information content (AvgIpc) is 2.42. The Labute approximate surface area is 134 Å². The first kappa shape index (κ1) is 15.2. The second-order valence-electron chi connectivity index (χ2n) is 4.02. The molecule has 0 atom stereocenters. The molecule has 20 heavy (non-hydrogen) atoms. The first-order valence-corrected chi connectivity index (χ1v) is 7.19. The van der Waals surface area contributed by atoms with E-state index in [1.54, 1.807) is 36.4 Å². The summed E-state index contributed by atoms with van der Waals surface area (Å²) in [5.41, 5.74) is 7.20. The normalized spacial score (nSPS) is 10.3. The van der Waals surface area contributed by atoms with Crippen LogP contribution in [0, 0.1) is 0 Å². The summed E-state index contributed by atoms with van der Waals surface area (Å²) in [5.74, 6) is -0.486. The van der Waals surface area contributed by atoms with Crippen molar-refractivity contribution in [2.24, 2.45) is 0 Å². The number of rotatable bonds is 3. The standard InChI is InChI=1S/C14H10BrCl2NO2/c15-13-10(2-1-3-12(13)18)14(19)20-7-8-6-9(16)4-5-11(8)17/h1-6H,7,18H2. The monoisotopic (exact) mass is 373 g/mol. The van der Waals surface area contributed by atoms with Crippen molar-refractivity contribution in [2.45, 2.75) is 6.61 Å². The number of carbonyl (C=O) groups excluding carboxylic acids is 1. The van der Waals surface area contributed by atoms with E-state index in [0.29, 0.717) is 31.3 Å². The van der Waals surface area contributed by atoms with Gasteiger partial charge in [-0.3, -0.25) is 0 Å². The number of nitrogen functional groups attached to an aromatic ring is 1. The predicted octanol–water partition coefficient (Wildman–Crippen LogP) is 4.70. The van der Waals surface area contributed by atoms with E-state index in [4.69, 9.17) is 33.7 Å². The summed E-state index contributed by atoms with van der Waals surface area (Å²) < 4.78 is 5.73. The van der Waals surface area contributed by atoms with E-state index in [-0.39, 0.29) is 6.61 Å². The van der Waals surface area contributed by atoms with Gasteiger partial charge in [-0.05, 0) is 46.3 Å². The molecule has 0 spiro atoms. The topological polar surface area (TPSA) is 52.3 Å². The first-order valence-electron chi connectivity index (χ1n) is 5.64. The Morgan fingerprint density at radius 3 is 2.75 bits per heavy atom. The molecule has 6 heteroatoms. The lowest BCUT2D eigenvalue weighted by Gasteiger charge is -2.09. The van der Waals surface area contributed by atoms with Gasteiger partial charge in [0.1, 0.15) is 6.61 Å². The zero-order valence-corrected chi connectivity index (χ0v) is 13.3. The van der Waals surface area contributed by atoms with Gasteiger partial charge in [0.2, 0.25) is 0 Å². The van der Waals surface area contributed by atoms with Gasteiger partial charge >= 0.3 is 5.97 Å². The molecule has 0 unspecified atom stereocenters. The summed E-state index contributed by atoms with van der Waals surface area (Å²) in [6.07, 6.45) is 0. The molecule has 0 fully saturated rings. The average molecular weight is 375 g/mol. The number of ether oxygens (including phenoxy) is 1. The summed E-state index contributed by atoms with van der Waals surface area (Å²) in [6, 6.07) is 9.98. The zero-order chi connectivity index (χ0) is 14.7. The van der Waals surface area contributed by atoms with Crippen LogP contribution in [0.4, 0.5) is 5.69 Å². The highest BCUT2D eigenvalue weighted by Gasteiger charge is 2.14. The molecule has 0 heterocycles. The van der Waals surface area contributed by atoms with E-state index in [1.807, 2.05) is 0 Å². The molecule has 2 N–H and O–H groups in total. The van der Waals surface area contributed by atoms with Gasteiger partial charge in [0.25, 0.3) is 0 Å². The first-order chi connectivity index (χ1) is 9.49. The molecule has 3 nitrogen and oxygen atoms in total. The number of carbonyl (C=O) groups is 1. The second-order valence-corrected chi connectivity index (χ2v) is 5.66. The van der Waals surface area contributed by atoms with Gasteiger partial charge in [-0.25, -0.2) is 4.79 Å². The highest BCUT2D eigenvalue weighted by atomic mass is 79.9. The number of esters is 1. The van der Waals surface area contributed by atoms with Crippen LogP contribution in [-0.4, -0.2) is 5.97 Å². The van der Waals surface area contributed by atoms with Crippen molar-refractivity contribution < 1.29 is 9.53 Å². The van der Waals surface area contributed by atoms with Crippen LogP contribution in [0.1, 0.15) is 15.9 Å². The highest BCUT2D eigenvalue weighted by molar-refractivity contribution is 9.10. The Morgan fingerprint density at radius 2 is 2.00 bits per heavy atom. The quantitative estimate of drug-likeness (QED) is 0.626. The van der Waals surface area contributed by atoms with Gasteiger partial charge in [-0.15, -0.1) is 0 Å². The molecule has 2 aromatic rings. The third-order valence-corrected chi connectivity index (χ3v) is 4.10. The van der Waals surface area contributed by atoms with Crippen LogP contribution in [-0.2, 0) is 11.3 Å². The summed E-state index contributed by atoms with van der Waals surface area (Å²) >= 11 is 15.1. The minimum Gasteiger partial charge on any atom is -0.457 e. The van der Waals surface area contributed by atoms with Crippen LogP contribution >= 0.6 is 39.1 Å². The smallest absolute Gasteiger partial charge is 0.339 e. The summed E-state index contributed by atoms with van der Waals surface area (Å²) in [4.78, 5) is 12.0. The number of halogens is 3. The Hall–Kier alpha value is -1.23. The third-order valence-electron chi connectivity index (χ3n) is 2.62. The lowest BCUT2D eigenvalue weighted by atomic mass is 10.2. The van der Waals surface area contributed by atoms with E-state index in [1.165, 1.54) is 0 Å². The minimum absolute atomic E-state index is 0.0411. The molecule has 0 aromatic heterocycles. The van der Waals surface area contributed by atoms with E-state index in [9.17, 15) is 4.79 Å². The highest BCUT2D eigenvalue weighted by Crippen LogP contribution is 2.26. The predicted molar refractivity (Wildman–Crippen MR) is 84.1 cm³/mol. The summed E-state index contributed by atoms with van der Waals surface area (Å²) in [6.45, 7) is 0.0411. The van der Waals surface area contributed by atoms with Crippen LogP contribution in [0.25, 0.3) is 0 Å². The number of nitrogens with two attached hydrogens (primary N) is 1. The number of benzene rings is 2. The molecule has 0 bridgehead atoms. The second kappa shape index (κ2) is 6.48. The molecule has 0 amide bonds. The van der Waals surface area contributed by atoms with Crippen molar-refractivity contribution in [3.8, 4) is 0 Å². The number of anilines is 1. The van der Waals surface area contributed by atoms with Gasteiger partial charge in [-0.2, -0.15) is 0 Å². The summed E-state index contributed by atoms with van der Waals surface area (Å²) in [5, 5.41) is 1.03. The van der Waals surface area contributed by atoms with Crippen molar-refractivity contribution in [1.82, 2.24) is 0 Å². The SMILES string of the molecule is Nc1cccc(C(=O)OCc2cc(Cl)ccc2Cl)c1Br. The van der Waals surface area contributed by atoms with Crippen molar-refractivity contribution in [3.63, 3.8) is 0 Å². The fourth-order valence-electron chi connectivity index (χ4n) is 1.58. The largest absolute Gasteiger partial charge is 0.457 e. The fraction of sp³-hybridized carbons (Fsp3) is 0.0714. The maximum absolute atomic E-state index is 12.0. The Balaban J connectivity index is 2.13. The molecule has 0 radical (unpaired) electrons. The van der Waals surface area contributed by atoms with Crippen molar-refractivity contribution in [1.29, 1.82) is 0 Å². The van der Waals surface area contributed by atoms with Gasteiger partial charge in [-0.1, -0.05) is 29.3 Å². The molecule has 0 aliphatic heterocycles. The minimum atomic E-state index is -0.486. The molecule has 2 aromatic carbocycles.